The maximum absolute atomic E-state index is 13.1. The van der Waals surface area contributed by atoms with Crippen LogP contribution in [0.25, 0.3) is 27.7 Å². The Morgan fingerprint density at radius 2 is 1.64 bits per heavy atom. The Bertz CT molecular complexity index is 1290. The number of aromatic carboxylic acids is 1. The predicted molar refractivity (Wildman–Crippen MR) is 109 cm³/mol. The first-order chi connectivity index (χ1) is 13.5. The van der Waals surface area contributed by atoms with E-state index in [9.17, 15) is 14.7 Å². The van der Waals surface area contributed by atoms with Crippen LogP contribution in [0, 0.1) is 13.8 Å². The lowest BCUT2D eigenvalue weighted by atomic mass is 10.0. The Labute approximate surface area is 161 Å². The number of carbonyl (C=O) groups is 1. The number of nitrogens with zero attached hydrogens (tertiary/aromatic N) is 2. The minimum absolute atomic E-state index is 0.104. The van der Waals surface area contributed by atoms with Crippen molar-refractivity contribution in [2.24, 2.45) is 0 Å². The van der Waals surface area contributed by atoms with Crippen LogP contribution in [0.3, 0.4) is 0 Å². The predicted octanol–water partition coefficient (Wildman–Crippen LogP) is 4.37. The molecule has 0 saturated heterocycles. The molecule has 0 amide bonds. The summed E-state index contributed by atoms with van der Waals surface area (Å²) >= 11 is 0. The summed E-state index contributed by atoms with van der Waals surface area (Å²) in [4.78, 5) is 24.4. The minimum atomic E-state index is -1.05. The van der Waals surface area contributed by atoms with Crippen LogP contribution < -0.4 is 5.56 Å². The molecule has 0 aliphatic heterocycles. The Morgan fingerprint density at radius 1 is 0.893 bits per heavy atom. The summed E-state index contributed by atoms with van der Waals surface area (Å²) in [7, 11) is 0. The van der Waals surface area contributed by atoms with Gasteiger partial charge in [-0.25, -0.2) is 4.79 Å². The number of fused-ring (bicyclic) bond motifs is 1. The van der Waals surface area contributed by atoms with Crippen molar-refractivity contribution in [3.8, 4) is 16.9 Å². The Morgan fingerprint density at radius 3 is 2.36 bits per heavy atom. The molecule has 1 aromatic heterocycles. The lowest BCUT2D eigenvalue weighted by Crippen LogP contribution is -2.22. The molecule has 4 aromatic rings. The quantitative estimate of drug-likeness (QED) is 0.581. The SMILES string of the molecule is Cc1ccc(-c2nn(-c3cccc(C(=O)O)c3)c(=O)c3ccccc23)cc1C. The number of carboxylic acids is 1. The van der Waals surface area contributed by atoms with Gasteiger partial charge < -0.3 is 5.11 Å². The maximum atomic E-state index is 13.1. The average molecular weight is 370 g/mol. The summed E-state index contributed by atoms with van der Waals surface area (Å²) in [5.41, 5.74) is 4.13. The van der Waals surface area contributed by atoms with Gasteiger partial charge in [-0.05, 0) is 55.3 Å². The van der Waals surface area contributed by atoms with Gasteiger partial charge in [-0.2, -0.15) is 9.78 Å². The van der Waals surface area contributed by atoms with Gasteiger partial charge in [0.05, 0.1) is 22.3 Å². The molecular formula is C23H18N2O3. The summed E-state index contributed by atoms with van der Waals surface area (Å²) in [6.45, 7) is 4.08. The summed E-state index contributed by atoms with van der Waals surface area (Å²) in [6, 6.07) is 19.6. The number of hydrogen-bond donors (Lipinski definition) is 1. The second kappa shape index (κ2) is 6.78. The molecule has 0 atom stereocenters. The zero-order chi connectivity index (χ0) is 19.8. The highest BCUT2D eigenvalue weighted by Crippen LogP contribution is 2.27. The molecule has 0 fully saturated rings. The van der Waals surface area contributed by atoms with E-state index in [0.29, 0.717) is 16.8 Å². The van der Waals surface area contributed by atoms with Crippen LogP contribution >= 0.6 is 0 Å². The maximum Gasteiger partial charge on any atom is 0.335 e. The third kappa shape index (κ3) is 2.97. The highest BCUT2D eigenvalue weighted by Gasteiger charge is 2.14. The first-order valence-electron chi connectivity index (χ1n) is 8.89. The fourth-order valence-electron chi connectivity index (χ4n) is 3.24. The van der Waals surface area contributed by atoms with E-state index in [4.69, 9.17) is 0 Å². The van der Waals surface area contributed by atoms with Gasteiger partial charge in [-0.1, -0.05) is 36.4 Å². The summed E-state index contributed by atoms with van der Waals surface area (Å²) in [5.74, 6) is -1.05. The van der Waals surface area contributed by atoms with Crippen molar-refractivity contribution in [2.45, 2.75) is 13.8 Å². The lowest BCUT2D eigenvalue weighted by molar-refractivity contribution is 0.0697. The van der Waals surface area contributed by atoms with Gasteiger partial charge in [0.15, 0.2) is 0 Å². The molecule has 1 heterocycles. The van der Waals surface area contributed by atoms with E-state index in [-0.39, 0.29) is 11.1 Å². The summed E-state index contributed by atoms with van der Waals surface area (Å²) in [5, 5.41) is 15.2. The molecule has 1 N–H and O–H groups in total. The van der Waals surface area contributed by atoms with Crippen molar-refractivity contribution in [1.82, 2.24) is 9.78 Å². The fraction of sp³-hybridized carbons (Fsp3) is 0.0870. The normalized spacial score (nSPS) is 10.9. The van der Waals surface area contributed by atoms with E-state index in [1.165, 1.54) is 22.4 Å². The number of hydrogen-bond acceptors (Lipinski definition) is 3. The van der Waals surface area contributed by atoms with Gasteiger partial charge in [0.25, 0.3) is 5.56 Å². The summed E-state index contributed by atoms with van der Waals surface area (Å²) < 4.78 is 1.28. The second-order valence-corrected chi connectivity index (χ2v) is 6.77. The third-order valence-corrected chi connectivity index (χ3v) is 4.92. The van der Waals surface area contributed by atoms with Crippen LogP contribution in [-0.2, 0) is 0 Å². The topological polar surface area (TPSA) is 72.2 Å². The molecule has 138 valence electrons. The number of aromatic nitrogens is 2. The minimum Gasteiger partial charge on any atom is -0.478 e. The van der Waals surface area contributed by atoms with Gasteiger partial charge >= 0.3 is 5.97 Å². The van der Waals surface area contributed by atoms with Crippen molar-refractivity contribution in [3.05, 3.63) is 93.8 Å². The van der Waals surface area contributed by atoms with E-state index >= 15 is 0 Å². The van der Waals surface area contributed by atoms with Crippen LogP contribution in [0.5, 0.6) is 0 Å². The molecule has 4 rings (SSSR count). The lowest BCUT2D eigenvalue weighted by Gasteiger charge is -2.12. The zero-order valence-electron chi connectivity index (χ0n) is 15.5. The molecule has 0 unspecified atom stereocenters. The van der Waals surface area contributed by atoms with Gasteiger partial charge in [0, 0.05) is 10.9 Å². The van der Waals surface area contributed by atoms with E-state index in [1.807, 2.05) is 50.2 Å². The molecular weight excluding hydrogens is 352 g/mol. The van der Waals surface area contributed by atoms with Crippen molar-refractivity contribution >= 4 is 16.7 Å². The van der Waals surface area contributed by atoms with Gasteiger partial charge in [-0.15, -0.1) is 0 Å². The van der Waals surface area contributed by atoms with Crippen LogP contribution in [-0.4, -0.2) is 20.9 Å². The molecule has 0 saturated carbocycles. The van der Waals surface area contributed by atoms with Crippen molar-refractivity contribution < 1.29 is 9.90 Å². The van der Waals surface area contributed by atoms with E-state index < -0.39 is 5.97 Å². The van der Waals surface area contributed by atoms with Crippen molar-refractivity contribution in [3.63, 3.8) is 0 Å². The standard InChI is InChI=1S/C23H18N2O3/c1-14-10-11-16(12-15(14)2)21-19-8-3-4-9-20(19)22(26)25(24-21)18-7-5-6-17(13-18)23(27)28/h3-13H,1-2H3,(H,27,28). The first-order valence-corrected chi connectivity index (χ1v) is 8.89. The van der Waals surface area contributed by atoms with Crippen LogP contribution in [0.15, 0.2) is 71.5 Å². The van der Waals surface area contributed by atoms with Crippen molar-refractivity contribution in [1.29, 1.82) is 0 Å². The molecule has 28 heavy (non-hydrogen) atoms. The molecule has 0 spiro atoms. The Balaban J connectivity index is 2.05. The number of benzene rings is 3. The third-order valence-electron chi connectivity index (χ3n) is 4.92. The number of rotatable bonds is 3. The Hall–Kier alpha value is -3.73. The fourth-order valence-corrected chi connectivity index (χ4v) is 3.24. The molecule has 5 nitrogen and oxygen atoms in total. The van der Waals surface area contributed by atoms with E-state index in [2.05, 4.69) is 5.10 Å². The largest absolute Gasteiger partial charge is 0.478 e. The highest BCUT2D eigenvalue weighted by molar-refractivity contribution is 5.94. The van der Waals surface area contributed by atoms with Crippen LogP contribution in [0.4, 0.5) is 0 Å². The van der Waals surface area contributed by atoms with Crippen LogP contribution in [0.2, 0.25) is 0 Å². The van der Waals surface area contributed by atoms with Crippen molar-refractivity contribution in [2.75, 3.05) is 0 Å². The van der Waals surface area contributed by atoms with Gasteiger partial charge in [-0.3, -0.25) is 4.79 Å². The molecule has 0 aliphatic carbocycles. The molecule has 0 bridgehead atoms. The number of carboxylic acid groups (broad SMARTS) is 1. The number of aryl methyl sites for hydroxylation is 2. The second-order valence-electron chi connectivity index (χ2n) is 6.77. The van der Waals surface area contributed by atoms with Gasteiger partial charge in [0.2, 0.25) is 0 Å². The molecule has 3 aromatic carbocycles. The van der Waals surface area contributed by atoms with Gasteiger partial charge in [0.1, 0.15) is 0 Å². The molecule has 0 aliphatic rings. The Kier molecular flexibility index (Phi) is 4.28. The van der Waals surface area contributed by atoms with E-state index in [0.717, 1.165) is 16.5 Å². The average Bonchev–Trinajstić information content (AvgIpc) is 2.71. The highest BCUT2D eigenvalue weighted by atomic mass is 16.4. The molecule has 5 heteroatoms. The smallest absolute Gasteiger partial charge is 0.335 e. The van der Waals surface area contributed by atoms with Crippen LogP contribution in [0.1, 0.15) is 21.5 Å². The zero-order valence-corrected chi connectivity index (χ0v) is 15.5. The monoisotopic (exact) mass is 370 g/mol. The first kappa shape index (κ1) is 17.7. The summed E-state index contributed by atoms with van der Waals surface area (Å²) in [6.07, 6.45) is 0. The molecule has 0 radical (unpaired) electrons. The van der Waals surface area contributed by atoms with E-state index in [1.54, 1.807) is 18.2 Å².